The molecule has 7 heteroatoms. The van der Waals surface area contributed by atoms with Gasteiger partial charge in [-0.1, -0.05) is 17.4 Å². The van der Waals surface area contributed by atoms with E-state index in [-0.39, 0.29) is 12.0 Å². The predicted molar refractivity (Wildman–Crippen MR) is 112 cm³/mol. The van der Waals surface area contributed by atoms with Crippen LogP contribution in [-0.2, 0) is 11.3 Å². The van der Waals surface area contributed by atoms with Crippen LogP contribution in [0, 0.1) is 20.8 Å². The van der Waals surface area contributed by atoms with E-state index >= 15 is 0 Å². The smallest absolute Gasteiger partial charge is 0.280 e. The van der Waals surface area contributed by atoms with E-state index in [4.69, 9.17) is 9.72 Å². The highest BCUT2D eigenvalue weighted by Crippen LogP contribution is 2.33. The Balaban J connectivity index is 1.74. The number of thiazole rings is 1. The Bertz CT molecular complexity index is 1020. The quantitative estimate of drug-likeness (QED) is 0.644. The lowest BCUT2D eigenvalue weighted by molar-refractivity contribution is 0.0912. The van der Waals surface area contributed by atoms with Crippen molar-refractivity contribution in [3.05, 3.63) is 40.7 Å². The van der Waals surface area contributed by atoms with E-state index in [2.05, 4.69) is 31.1 Å². The van der Waals surface area contributed by atoms with Crippen molar-refractivity contribution in [3.8, 4) is 0 Å². The van der Waals surface area contributed by atoms with Crippen molar-refractivity contribution in [1.82, 2.24) is 14.8 Å². The van der Waals surface area contributed by atoms with Crippen molar-refractivity contribution in [3.63, 3.8) is 0 Å². The second-order valence-corrected chi connectivity index (χ2v) is 8.40. The number of aryl methyl sites for hydroxylation is 4. The first-order chi connectivity index (χ1) is 13.5. The van der Waals surface area contributed by atoms with E-state index in [0.717, 1.165) is 47.5 Å². The molecule has 1 aliphatic heterocycles. The number of fused-ring (bicyclic) bond motifs is 1. The molecule has 0 spiro atoms. The molecule has 0 N–H and O–H groups in total. The molecule has 2 aromatic heterocycles. The van der Waals surface area contributed by atoms with Crippen molar-refractivity contribution < 1.29 is 9.53 Å². The number of aromatic nitrogens is 3. The maximum atomic E-state index is 13.4. The lowest BCUT2D eigenvalue weighted by Crippen LogP contribution is -2.37. The van der Waals surface area contributed by atoms with E-state index in [1.54, 1.807) is 16.2 Å². The van der Waals surface area contributed by atoms with Crippen molar-refractivity contribution >= 4 is 32.6 Å². The predicted octanol–water partition coefficient (Wildman–Crippen LogP) is 4.26. The number of rotatable bonds is 5. The standard InChI is InChI=1S/C21H26N4O2S/c1-5-25-14(3)11-17(23-25)20(26)24(12-16-7-6-10-27-16)21-22-19-15(4)13(2)8-9-18(19)28-21/h8-9,11,16H,5-7,10,12H2,1-4H3. The first-order valence-corrected chi connectivity index (χ1v) is 10.6. The summed E-state index contributed by atoms with van der Waals surface area (Å²) in [5.74, 6) is -0.112. The number of benzene rings is 1. The number of hydrogen-bond donors (Lipinski definition) is 0. The van der Waals surface area contributed by atoms with E-state index in [1.807, 2.05) is 24.6 Å². The molecule has 28 heavy (non-hydrogen) atoms. The van der Waals surface area contributed by atoms with Gasteiger partial charge in [-0.2, -0.15) is 5.10 Å². The fourth-order valence-electron chi connectivity index (χ4n) is 3.64. The average molecular weight is 399 g/mol. The minimum atomic E-state index is -0.112. The molecule has 0 saturated carbocycles. The van der Waals surface area contributed by atoms with Gasteiger partial charge in [0.2, 0.25) is 0 Å². The lowest BCUT2D eigenvalue weighted by atomic mass is 10.1. The molecular formula is C21H26N4O2S. The maximum Gasteiger partial charge on any atom is 0.280 e. The molecule has 3 aromatic rings. The summed E-state index contributed by atoms with van der Waals surface area (Å²) in [7, 11) is 0. The van der Waals surface area contributed by atoms with Gasteiger partial charge >= 0.3 is 0 Å². The number of nitrogens with zero attached hydrogens (tertiary/aromatic N) is 4. The SMILES string of the molecule is CCn1nc(C(=O)N(CC2CCCO2)c2nc3c(C)c(C)ccc3s2)cc1C. The fourth-order valence-corrected chi connectivity index (χ4v) is 4.68. The first-order valence-electron chi connectivity index (χ1n) is 9.82. The van der Waals surface area contributed by atoms with Gasteiger partial charge in [0.1, 0.15) is 0 Å². The van der Waals surface area contributed by atoms with Crippen LogP contribution in [0.15, 0.2) is 18.2 Å². The minimum absolute atomic E-state index is 0.0492. The number of anilines is 1. The molecule has 1 unspecified atom stereocenters. The molecule has 1 aromatic carbocycles. The summed E-state index contributed by atoms with van der Waals surface area (Å²) < 4.78 is 8.76. The van der Waals surface area contributed by atoms with Crippen LogP contribution in [0.5, 0.6) is 0 Å². The van der Waals surface area contributed by atoms with E-state index in [0.29, 0.717) is 17.4 Å². The van der Waals surface area contributed by atoms with E-state index in [1.165, 1.54) is 5.56 Å². The van der Waals surface area contributed by atoms with Gasteiger partial charge in [-0.3, -0.25) is 14.4 Å². The second kappa shape index (κ2) is 7.64. The van der Waals surface area contributed by atoms with Gasteiger partial charge in [0.25, 0.3) is 5.91 Å². The first kappa shape index (κ1) is 19.1. The summed E-state index contributed by atoms with van der Waals surface area (Å²) in [6.07, 6.45) is 2.05. The zero-order valence-corrected chi connectivity index (χ0v) is 17.7. The normalized spacial score (nSPS) is 16.8. The highest BCUT2D eigenvalue weighted by atomic mass is 32.1. The average Bonchev–Trinajstić information content (AvgIpc) is 3.41. The largest absolute Gasteiger partial charge is 0.376 e. The molecule has 6 nitrogen and oxygen atoms in total. The molecule has 1 aliphatic rings. The number of carbonyl (C=O) groups is 1. The van der Waals surface area contributed by atoms with Gasteiger partial charge in [-0.25, -0.2) is 4.98 Å². The third kappa shape index (κ3) is 3.44. The molecule has 1 amide bonds. The second-order valence-electron chi connectivity index (χ2n) is 7.39. The van der Waals surface area contributed by atoms with Gasteiger partial charge in [0, 0.05) is 18.8 Å². The Morgan fingerprint density at radius 1 is 1.36 bits per heavy atom. The highest BCUT2D eigenvalue weighted by Gasteiger charge is 2.29. The monoisotopic (exact) mass is 398 g/mol. The number of hydrogen-bond acceptors (Lipinski definition) is 5. The van der Waals surface area contributed by atoms with Crippen LogP contribution < -0.4 is 4.90 Å². The van der Waals surface area contributed by atoms with Crippen molar-refractivity contribution in [2.45, 2.75) is 53.2 Å². The van der Waals surface area contributed by atoms with Crippen molar-refractivity contribution in [1.29, 1.82) is 0 Å². The topological polar surface area (TPSA) is 60.2 Å². The highest BCUT2D eigenvalue weighted by molar-refractivity contribution is 7.22. The summed E-state index contributed by atoms with van der Waals surface area (Å²) in [6, 6.07) is 6.05. The van der Waals surface area contributed by atoms with Crippen LogP contribution in [0.25, 0.3) is 10.2 Å². The molecule has 1 saturated heterocycles. The van der Waals surface area contributed by atoms with Gasteiger partial charge < -0.3 is 4.74 Å². The van der Waals surface area contributed by atoms with Crippen LogP contribution in [0.3, 0.4) is 0 Å². The molecule has 148 valence electrons. The summed E-state index contributed by atoms with van der Waals surface area (Å²) in [6.45, 7) is 10.2. The summed E-state index contributed by atoms with van der Waals surface area (Å²) in [5, 5.41) is 5.21. The van der Waals surface area contributed by atoms with Gasteiger partial charge in [-0.15, -0.1) is 0 Å². The molecule has 1 fully saturated rings. The molecule has 0 bridgehead atoms. The van der Waals surface area contributed by atoms with E-state index < -0.39 is 0 Å². The van der Waals surface area contributed by atoms with Gasteiger partial charge in [0.05, 0.1) is 22.9 Å². The van der Waals surface area contributed by atoms with Crippen LogP contribution in [0.1, 0.15) is 47.1 Å². The van der Waals surface area contributed by atoms with Crippen LogP contribution in [0.2, 0.25) is 0 Å². The summed E-state index contributed by atoms with van der Waals surface area (Å²) in [5.41, 5.74) is 4.79. The summed E-state index contributed by atoms with van der Waals surface area (Å²) in [4.78, 5) is 20.0. The lowest BCUT2D eigenvalue weighted by Gasteiger charge is -2.22. The van der Waals surface area contributed by atoms with E-state index in [9.17, 15) is 4.79 Å². The number of ether oxygens (including phenoxy) is 1. The Morgan fingerprint density at radius 3 is 2.86 bits per heavy atom. The molecule has 0 aliphatic carbocycles. The molecule has 1 atom stereocenters. The summed E-state index contributed by atoms with van der Waals surface area (Å²) >= 11 is 1.56. The minimum Gasteiger partial charge on any atom is -0.376 e. The Labute approximate surface area is 169 Å². The maximum absolute atomic E-state index is 13.4. The zero-order valence-electron chi connectivity index (χ0n) is 16.9. The third-order valence-corrected chi connectivity index (χ3v) is 6.50. The molecule has 3 heterocycles. The Morgan fingerprint density at radius 2 is 2.18 bits per heavy atom. The van der Waals surface area contributed by atoms with Crippen LogP contribution in [-0.4, -0.2) is 39.9 Å². The molecule has 4 rings (SSSR count). The van der Waals surface area contributed by atoms with Crippen molar-refractivity contribution in [2.75, 3.05) is 18.1 Å². The fraction of sp³-hybridized carbons (Fsp3) is 0.476. The Kier molecular flexibility index (Phi) is 5.21. The Hall–Kier alpha value is -2.25. The molecular weight excluding hydrogens is 372 g/mol. The number of carbonyl (C=O) groups excluding carboxylic acids is 1. The van der Waals surface area contributed by atoms with Gasteiger partial charge in [-0.05, 0) is 63.8 Å². The van der Waals surface area contributed by atoms with Gasteiger partial charge in [0.15, 0.2) is 10.8 Å². The third-order valence-electron chi connectivity index (χ3n) is 5.46. The van der Waals surface area contributed by atoms with Crippen molar-refractivity contribution in [2.24, 2.45) is 0 Å². The van der Waals surface area contributed by atoms with Crippen LogP contribution in [0.4, 0.5) is 5.13 Å². The zero-order chi connectivity index (χ0) is 19.8. The number of amides is 1. The van der Waals surface area contributed by atoms with Crippen LogP contribution >= 0.6 is 11.3 Å². The molecule has 0 radical (unpaired) electrons.